The molecule has 0 spiro atoms. The van der Waals surface area contributed by atoms with E-state index in [1.165, 1.54) is 11.1 Å². The van der Waals surface area contributed by atoms with Crippen molar-refractivity contribution in [1.82, 2.24) is 9.13 Å². The third-order valence-corrected chi connectivity index (χ3v) is 4.83. The summed E-state index contributed by atoms with van der Waals surface area (Å²) >= 11 is 0. The van der Waals surface area contributed by atoms with Crippen molar-refractivity contribution in [1.29, 1.82) is 0 Å². The molecular formula is C22H30N2O2. The Balaban J connectivity index is 0.000000190. The van der Waals surface area contributed by atoms with Crippen LogP contribution in [0.2, 0.25) is 0 Å². The van der Waals surface area contributed by atoms with Crippen LogP contribution in [0.4, 0.5) is 0 Å². The number of pyridine rings is 2. The van der Waals surface area contributed by atoms with E-state index in [0.717, 1.165) is 23.1 Å². The summed E-state index contributed by atoms with van der Waals surface area (Å²) in [4.78, 5) is 23.1. The highest BCUT2D eigenvalue weighted by atomic mass is 16.1. The quantitative estimate of drug-likeness (QED) is 0.821. The minimum atomic E-state index is 0.0967. The van der Waals surface area contributed by atoms with Gasteiger partial charge in [-0.25, -0.2) is 0 Å². The third-order valence-electron chi connectivity index (χ3n) is 4.83. The van der Waals surface area contributed by atoms with Crippen LogP contribution in [0.1, 0.15) is 67.3 Å². The van der Waals surface area contributed by atoms with Crippen molar-refractivity contribution < 1.29 is 0 Å². The molecule has 1 aliphatic carbocycles. The van der Waals surface area contributed by atoms with E-state index in [9.17, 15) is 9.59 Å². The number of fused-ring (bicyclic) bond motifs is 1. The first-order chi connectivity index (χ1) is 12.1. The molecular weight excluding hydrogens is 324 g/mol. The monoisotopic (exact) mass is 354 g/mol. The molecule has 2 aromatic heterocycles. The highest BCUT2D eigenvalue weighted by Crippen LogP contribution is 2.25. The smallest absolute Gasteiger partial charge is 0.254 e. The average molecular weight is 354 g/mol. The second kappa shape index (κ2) is 7.90. The van der Waals surface area contributed by atoms with E-state index in [0.29, 0.717) is 11.8 Å². The Bertz CT molecular complexity index is 918. The van der Waals surface area contributed by atoms with Crippen LogP contribution in [0.3, 0.4) is 0 Å². The van der Waals surface area contributed by atoms with Gasteiger partial charge in [-0.05, 0) is 47.9 Å². The first-order valence-corrected chi connectivity index (χ1v) is 9.19. The Hall–Kier alpha value is -2.36. The summed E-state index contributed by atoms with van der Waals surface area (Å²) in [6.45, 7) is 10.4. The second-order valence-corrected chi connectivity index (χ2v) is 7.68. The van der Waals surface area contributed by atoms with E-state index in [1.54, 1.807) is 16.2 Å². The van der Waals surface area contributed by atoms with Gasteiger partial charge in [0.25, 0.3) is 11.1 Å². The molecule has 0 amide bonds. The minimum Gasteiger partial charge on any atom is -0.318 e. The molecule has 0 saturated carbocycles. The molecule has 26 heavy (non-hydrogen) atoms. The van der Waals surface area contributed by atoms with Crippen LogP contribution in [0.15, 0.2) is 34.1 Å². The zero-order chi connectivity index (χ0) is 19.6. The Morgan fingerprint density at radius 3 is 2.08 bits per heavy atom. The summed E-state index contributed by atoms with van der Waals surface area (Å²) < 4.78 is 3.34. The molecule has 0 aliphatic heterocycles. The lowest BCUT2D eigenvalue weighted by molar-refractivity contribution is 0.782. The van der Waals surface area contributed by atoms with Crippen LogP contribution in [-0.2, 0) is 20.5 Å². The molecule has 4 nitrogen and oxygen atoms in total. The molecule has 3 rings (SSSR count). The van der Waals surface area contributed by atoms with Crippen molar-refractivity contribution in [3.05, 3.63) is 73.1 Å². The van der Waals surface area contributed by atoms with Gasteiger partial charge in [0.1, 0.15) is 0 Å². The van der Waals surface area contributed by atoms with Gasteiger partial charge in [-0.3, -0.25) is 9.59 Å². The van der Waals surface area contributed by atoms with E-state index in [1.807, 2.05) is 32.4 Å². The average Bonchev–Trinajstić information content (AvgIpc) is 3.05. The largest absolute Gasteiger partial charge is 0.318 e. The molecule has 140 valence electrons. The zero-order valence-corrected chi connectivity index (χ0v) is 17.0. The lowest BCUT2D eigenvalue weighted by atomic mass is 9.97. The summed E-state index contributed by atoms with van der Waals surface area (Å²) in [6, 6.07) is 1.97. The molecule has 0 N–H and O–H groups in total. The second-order valence-electron chi connectivity index (χ2n) is 7.68. The maximum absolute atomic E-state index is 11.8. The Morgan fingerprint density at radius 2 is 1.54 bits per heavy atom. The van der Waals surface area contributed by atoms with Gasteiger partial charge >= 0.3 is 0 Å². The number of nitrogens with zero attached hydrogens (tertiary/aromatic N) is 2. The fraction of sp³-hybridized carbons (Fsp3) is 0.455. The van der Waals surface area contributed by atoms with Crippen LogP contribution in [0.5, 0.6) is 0 Å². The van der Waals surface area contributed by atoms with Crippen molar-refractivity contribution >= 4 is 6.08 Å². The van der Waals surface area contributed by atoms with Gasteiger partial charge in [0.2, 0.25) is 0 Å². The first-order valence-electron chi connectivity index (χ1n) is 9.19. The Kier molecular flexibility index (Phi) is 6.06. The molecule has 0 bridgehead atoms. The molecule has 1 aliphatic rings. The van der Waals surface area contributed by atoms with Gasteiger partial charge < -0.3 is 9.13 Å². The summed E-state index contributed by atoms with van der Waals surface area (Å²) in [5.41, 5.74) is 5.67. The molecule has 0 fully saturated rings. The minimum absolute atomic E-state index is 0.0967. The topological polar surface area (TPSA) is 44.0 Å². The maximum Gasteiger partial charge on any atom is 0.254 e. The van der Waals surface area contributed by atoms with E-state index < -0.39 is 0 Å². The summed E-state index contributed by atoms with van der Waals surface area (Å²) in [5, 5.41) is 0. The van der Waals surface area contributed by atoms with Crippen LogP contribution in [0, 0.1) is 6.92 Å². The van der Waals surface area contributed by atoms with Crippen molar-refractivity contribution in [3.8, 4) is 0 Å². The summed E-state index contributed by atoms with van der Waals surface area (Å²) in [7, 11) is 3.62. The number of aryl methyl sites for hydroxylation is 3. The van der Waals surface area contributed by atoms with Crippen molar-refractivity contribution in [2.24, 2.45) is 14.1 Å². The van der Waals surface area contributed by atoms with Crippen LogP contribution >= 0.6 is 0 Å². The lowest BCUT2D eigenvalue weighted by Gasteiger charge is -2.12. The predicted molar refractivity (Wildman–Crippen MR) is 109 cm³/mol. The van der Waals surface area contributed by atoms with Gasteiger partial charge in [0, 0.05) is 37.6 Å². The van der Waals surface area contributed by atoms with Gasteiger partial charge in [0.15, 0.2) is 0 Å². The third kappa shape index (κ3) is 4.06. The Labute approximate surface area is 155 Å². The fourth-order valence-corrected chi connectivity index (χ4v) is 3.21. The standard InChI is InChI=1S/C12H15NO.C10H15NO/c1-8(2)11-7-13(3)12(14)10-6-4-5-9(10)11;1-7(2)9-5-8(3)10(12)11(4)6-9/h4-5,7-8H,6H2,1-3H3;5-7H,1-4H3. The number of hydrogen-bond acceptors (Lipinski definition) is 2. The molecule has 0 aromatic carbocycles. The number of hydrogen-bond donors (Lipinski definition) is 0. The SMILES string of the molecule is CC(C)c1cn(C)c(=O)c2c1C=CC2.Cc1cc(C(C)C)cn(C)c1=O. The van der Waals surface area contributed by atoms with Crippen LogP contribution in [-0.4, -0.2) is 9.13 Å². The van der Waals surface area contributed by atoms with Gasteiger partial charge in [-0.1, -0.05) is 39.8 Å². The number of allylic oxidation sites excluding steroid dienone is 1. The molecule has 0 atom stereocenters. The van der Waals surface area contributed by atoms with Gasteiger partial charge in [-0.15, -0.1) is 0 Å². The van der Waals surface area contributed by atoms with Gasteiger partial charge in [0.05, 0.1) is 0 Å². The lowest BCUT2D eigenvalue weighted by Crippen LogP contribution is -2.22. The fourth-order valence-electron chi connectivity index (χ4n) is 3.21. The number of aromatic nitrogens is 2. The van der Waals surface area contributed by atoms with E-state index in [-0.39, 0.29) is 11.1 Å². The van der Waals surface area contributed by atoms with Gasteiger partial charge in [-0.2, -0.15) is 0 Å². The van der Waals surface area contributed by atoms with E-state index in [2.05, 4.69) is 39.8 Å². The highest BCUT2D eigenvalue weighted by Gasteiger charge is 2.16. The number of rotatable bonds is 2. The molecule has 0 unspecified atom stereocenters. The summed E-state index contributed by atoms with van der Waals surface area (Å²) in [6.07, 6.45) is 8.80. The van der Waals surface area contributed by atoms with E-state index >= 15 is 0 Å². The zero-order valence-electron chi connectivity index (χ0n) is 17.0. The van der Waals surface area contributed by atoms with E-state index in [4.69, 9.17) is 0 Å². The molecule has 0 radical (unpaired) electrons. The molecule has 0 saturated heterocycles. The van der Waals surface area contributed by atoms with Crippen molar-refractivity contribution in [2.45, 2.75) is 52.9 Å². The normalized spacial score (nSPS) is 12.3. The maximum atomic E-state index is 11.8. The molecule has 2 aromatic rings. The van der Waals surface area contributed by atoms with Crippen LogP contribution < -0.4 is 11.1 Å². The summed E-state index contributed by atoms with van der Waals surface area (Å²) in [5.74, 6) is 0.953. The molecule has 4 heteroatoms. The Morgan fingerprint density at radius 1 is 0.923 bits per heavy atom. The first kappa shape index (κ1) is 20.0. The highest BCUT2D eigenvalue weighted by molar-refractivity contribution is 5.63. The van der Waals surface area contributed by atoms with Crippen molar-refractivity contribution in [3.63, 3.8) is 0 Å². The predicted octanol–water partition coefficient (Wildman–Crippen LogP) is 3.90. The van der Waals surface area contributed by atoms with Crippen molar-refractivity contribution in [2.75, 3.05) is 0 Å². The molecule has 2 heterocycles. The van der Waals surface area contributed by atoms with Crippen LogP contribution in [0.25, 0.3) is 6.08 Å².